The number of ketones is 1. The fourth-order valence-electron chi connectivity index (χ4n) is 1.96. The predicted octanol–water partition coefficient (Wildman–Crippen LogP) is -1.34. The van der Waals surface area contributed by atoms with Crippen molar-refractivity contribution in [1.82, 2.24) is 9.55 Å². The van der Waals surface area contributed by atoms with E-state index >= 15 is 0 Å². The zero-order valence-electron chi connectivity index (χ0n) is 11.1. The van der Waals surface area contributed by atoms with E-state index in [1.54, 1.807) is 0 Å². The SMILES string of the molecule is O=C1C2[O][Tl][O]C[C@H]2O[C@H]1n1ccc(=O)[nH]c1=O.[2H]SP. The fourth-order valence-corrected chi connectivity index (χ4v) is 4.97. The van der Waals surface area contributed by atoms with Crippen LogP contribution >= 0.6 is 20.6 Å². The Kier molecular flexibility index (Phi) is 5.40. The number of nitrogens with one attached hydrogen (secondary N) is 1. The van der Waals surface area contributed by atoms with E-state index in [2.05, 4.69) is 13.4 Å². The Morgan fingerprint density at radius 3 is 2.95 bits per heavy atom. The number of rotatable bonds is 1. The van der Waals surface area contributed by atoms with Crippen LogP contribution in [0.4, 0.5) is 0 Å². The second-order valence-corrected chi connectivity index (χ2v) is 7.03. The Morgan fingerprint density at radius 1 is 1.55 bits per heavy atom. The number of nitrogens with zero attached hydrogens (tertiary/aromatic N) is 1. The molecule has 0 aliphatic carbocycles. The molecule has 2 aliphatic heterocycles. The number of hydrogen-bond acceptors (Lipinski definition) is 7. The molecule has 4 atom stereocenters. The van der Waals surface area contributed by atoms with E-state index in [0.29, 0.717) is 6.61 Å². The number of fused-ring (bicyclic) bond motifs is 1. The van der Waals surface area contributed by atoms with Gasteiger partial charge in [0.2, 0.25) is 0 Å². The summed E-state index contributed by atoms with van der Waals surface area (Å²) in [4.78, 5) is 36.7. The summed E-state index contributed by atoms with van der Waals surface area (Å²) in [6.45, 7) is 0.334. The van der Waals surface area contributed by atoms with Gasteiger partial charge in [-0.05, 0) is 0 Å². The van der Waals surface area contributed by atoms with Crippen LogP contribution < -0.4 is 11.2 Å². The first-order valence-corrected chi connectivity index (χ1v) is 11.0. The first kappa shape index (κ1) is 14.9. The molecule has 3 rings (SSSR count). The molecule has 2 saturated heterocycles. The summed E-state index contributed by atoms with van der Waals surface area (Å²) in [5, 5.41) is 0. The second-order valence-electron chi connectivity index (χ2n) is 3.93. The molecule has 11 heteroatoms. The average Bonchev–Trinajstić information content (AvgIpc) is 2.78. The number of aromatic nitrogens is 2. The topological polar surface area (TPSA) is 99.6 Å². The maximum Gasteiger partial charge on any atom is 0.107 e. The minimum atomic E-state index is -1.72. The summed E-state index contributed by atoms with van der Waals surface area (Å²) in [5.74, 6) is -0.298. The van der Waals surface area contributed by atoms with E-state index in [0.717, 1.165) is 22.8 Å². The molecule has 20 heavy (non-hydrogen) atoms. The van der Waals surface area contributed by atoms with E-state index in [1.165, 1.54) is 6.20 Å². The standard InChI is InChI=1S/C9H8N2O6.H3PS.Tl/c12-3-4-6(14)7(15)8(17-4)11-2-1-5(13)10-9(11)16;1-2;/h1-2,4,6,8H,3H2,(H,10,13,16);2H,1H2;/q-2;;+2/t4-,6?,8-;;/m1../s1/i;2D;. The number of thiol groups is 1. The maximum absolute atomic E-state index is 12.1. The van der Waals surface area contributed by atoms with Crippen molar-refractivity contribution < 1.29 is 14.9 Å². The largest absolute Gasteiger partial charge is 0.158 e. The third-order valence-electron chi connectivity index (χ3n) is 2.80. The first-order chi connectivity index (χ1) is 10.1. The van der Waals surface area contributed by atoms with Crippen LogP contribution in [0.3, 0.4) is 0 Å². The Labute approximate surface area is 135 Å². The Bertz CT molecular complexity index is 627. The van der Waals surface area contributed by atoms with Crippen LogP contribution in [0.5, 0.6) is 0 Å². The van der Waals surface area contributed by atoms with E-state index in [-0.39, 0.29) is 5.78 Å². The molecule has 2 fully saturated rings. The van der Waals surface area contributed by atoms with Gasteiger partial charge in [0, 0.05) is 0 Å². The minimum absolute atomic E-state index is 0.298. The molecule has 0 bridgehead atoms. The van der Waals surface area contributed by atoms with E-state index in [9.17, 15) is 14.4 Å². The predicted molar refractivity (Wildman–Crippen MR) is 75.5 cm³/mol. The van der Waals surface area contributed by atoms with Crippen molar-refractivity contribution in [2.75, 3.05) is 6.61 Å². The Morgan fingerprint density at radius 2 is 2.30 bits per heavy atom. The Balaban J connectivity index is 0.000000497. The molecule has 1 N–H and O–H groups in total. The van der Waals surface area contributed by atoms with Gasteiger partial charge in [-0.15, -0.1) is 0 Å². The van der Waals surface area contributed by atoms with Gasteiger partial charge in [-0.2, -0.15) is 12.2 Å². The van der Waals surface area contributed by atoms with Gasteiger partial charge in [0.25, 0.3) is 0 Å². The number of carbonyl (C=O) groups is 1. The van der Waals surface area contributed by atoms with Crippen LogP contribution in [0.15, 0.2) is 21.9 Å². The zero-order valence-corrected chi connectivity index (χ0v) is 16.5. The molecule has 1 aromatic rings. The summed E-state index contributed by atoms with van der Waals surface area (Å²) >= 11 is -0.806. The summed E-state index contributed by atoms with van der Waals surface area (Å²) in [7, 11) is 2.16. The summed E-state index contributed by atoms with van der Waals surface area (Å²) in [5.41, 5.74) is -1.20. The number of H-pyrrole nitrogens is 1. The van der Waals surface area contributed by atoms with Crippen molar-refractivity contribution in [2.24, 2.45) is 0 Å². The molecule has 2 aliphatic rings. The van der Waals surface area contributed by atoms with Crippen LogP contribution in [-0.4, -0.2) is 60.4 Å². The van der Waals surface area contributed by atoms with Gasteiger partial charge in [0.15, 0.2) is 0 Å². The van der Waals surface area contributed by atoms with Crippen molar-refractivity contribution in [2.45, 2.75) is 18.4 Å². The molecule has 0 radical (unpaired) electrons. The molecule has 2 unspecified atom stereocenters. The molecular weight excluding hydrogens is 500 g/mol. The number of Topliss-reactive ketones (excluding diaryl/α,β-unsaturated/α-hetero) is 1. The molecule has 0 amide bonds. The molecule has 0 aromatic carbocycles. The third-order valence-corrected chi connectivity index (χ3v) is 5.65. The normalized spacial score (nSPS) is 28.4. The van der Waals surface area contributed by atoms with Crippen LogP contribution in [0.2, 0.25) is 0 Å². The van der Waals surface area contributed by atoms with Gasteiger partial charge in [-0.25, -0.2) is 0 Å². The number of carbonyl (C=O) groups excluding carboxylic acids is 1. The molecule has 3 heterocycles. The van der Waals surface area contributed by atoms with Crippen molar-refractivity contribution in [3.8, 4) is 0 Å². The van der Waals surface area contributed by atoms with Gasteiger partial charge < -0.3 is 0 Å². The maximum atomic E-state index is 12.1. The molecule has 8 nitrogen and oxygen atoms in total. The molecule has 0 spiro atoms. The molecule has 107 valence electrons. The molecular formula is C9H11N2O6PSTl. The van der Waals surface area contributed by atoms with Crippen molar-refractivity contribution in [3.05, 3.63) is 33.1 Å². The summed E-state index contributed by atoms with van der Waals surface area (Å²) in [6, 6.07) is 1.16. The number of ether oxygens (including phenoxy) is 1. The monoisotopic (exact) mass is 512 g/mol. The average molecular weight is 512 g/mol. The number of aromatic amines is 1. The minimum Gasteiger partial charge on any atom is -0.158 e. The van der Waals surface area contributed by atoms with Crippen molar-refractivity contribution in [1.29, 1.82) is 1.12 Å². The zero-order chi connectivity index (χ0) is 15.4. The molecule has 0 saturated carbocycles. The van der Waals surface area contributed by atoms with Gasteiger partial charge in [0.05, 0.1) is 0 Å². The smallest absolute Gasteiger partial charge is 0.107 e. The number of hydrogen-bond donors (Lipinski definition) is 2. The van der Waals surface area contributed by atoms with Crippen molar-refractivity contribution in [3.63, 3.8) is 0 Å². The van der Waals surface area contributed by atoms with Crippen molar-refractivity contribution >= 4 is 51.5 Å². The van der Waals surface area contributed by atoms with Crippen LogP contribution in [-0.2, 0) is 14.9 Å². The van der Waals surface area contributed by atoms with E-state index in [1.807, 2.05) is 0 Å². The van der Waals surface area contributed by atoms with Crippen LogP contribution in [0, 0.1) is 0 Å². The van der Waals surface area contributed by atoms with Crippen LogP contribution in [0.25, 0.3) is 0 Å². The van der Waals surface area contributed by atoms with E-state index < -0.39 is 54.8 Å². The van der Waals surface area contributed by atoms with E-state index in [4.69, 9.17) is 11.2 Å². The first-order valence-electron chi connectivity index (χ1n) is 5.90. The van der Waals surface area contributed by atoms with Gasteiger partial charge in [-0.3, -0.25) is 0 Å². The fraction of sp³-hybridized carbons (Fsp3) is 0.444. The second kappa shape index (κ2) is 7.27. The Hall–Kier alpha value is -0.0679. The van der Waals surface area contributed by atoms with Gasteiger partial charge >= 0.3 is 114 Å². The van der Waals surface area contributed by atoms with Gasteiger partial charge in [0.1, 0.15) is 1.12 Å². The third kappa shape index (κ3) is 3.22. The van der Waals surface area contributed by atoms with Crippen LogP contribution in [0.1, 0.15) is 6.23 Å². The van der Waals surface area contributed by atoms with Gasteiger partial charge in [-0.1, -0.05) is 8.44 Å². The summed E-state index contributed by atoms with van der Waals surface area (Å²) in [6.07, 6.45) is -0.897. The molecule has 1 aromatic heterocycles. The quantitative estimate of drug-likeness (QED) is 0.275. The summed E-state index contributed by atoms with van der Waals surface area (Å²) < 4.78 is 23.2.